The minimum absolute atomic E-state index is 0.0343. The number of nitrogens with zero attached hydrogens (tertiary/aromatic N) is 3. The average molecular weight is 334 g/mol. The van der Waals surface area contributed by atoms with Crippen molar-refractivity contribution < 1.29 is 4.79 Å². The maximum Gasteiger partial charge on any atom is 0.240 e. The molecule has 0 spiro atoms. The Morgan fingerprint density at radius 2 is 2.18 bits per heavy atom. The van der Waals surface area contributed by atoms with Crippen molar-refractivity contribution in [2.75, 3.05) is 23.8 Å². The van der Waals surface area contributed by atoms with Crippen LogP contribution in [0.15, 0.2) is 47.3 Å². The summed E-state index contributed by atoms with van der Waals surface area (Å²) in [7, 11) is 1.78. The van der Waals surface area contributed by atoms with Gasteiger partial charge in [0.25, 0.3) is 0 Å². The summed E-state index contributed by atoms with van der Waals surface area (Å²) in [5.74, 6) is 0.0343. The molecule has 1 aromatic carbocycles. The fourth-order valence-electron chi connectivity index (χ4n) is 1.74. The highest BCUT2D eigenvalue weighted by molar-refractivity contribution is 8.02. The molecule has 7 heteroatoms. The molecule has 1 atom stereocenters. The number of hydrogen-bond donors (Lipinski definition) is 1. The molecule has 0 saturated heterocycles. The van der Waals surface area contributed by atoms with Gasteiger partial charge in [-0.3, -0.25) is 4.79 Å². The Morgan fingerprint density at radius 1 is 1.45 bits per heavy atom. The highest BCUT2D eigenvalue weighted by Crippen LogP contribution is 2.30. The van der Waals surface area contributed by atoms with Gasteiger partial charge in [-0.05, 0) is 19.1 Å². The van der Waals surface area contributed by atoms with Crippen LogP contribution in [0.5, 0.6) is 0 Å². The molecular weight excluding hydrogens is 316 g/mol. The monoisotopic (exact) mass is 334 g/mol. The van der Waals surface area contributed by atoms with E-state index in [1.165, 1.54) is 23.1 Å². The van der Waals surface area contributed by atoms with Gasteiger partial charge in [0.1, 0.15) is 0 Å². The number of rotatable bonds is 7. The summed E-state index contributed by atoms with van der Waals surface area (Å²) < 4.78 is 0.772. The molecule has 1 N–H and O–H groups in total. The summed E-state index contributed by atoms with van der Waals surface area (Å²) in [5.41, 5.74) is 0.880. The highest BCUT2D eigenvalue weighted by Gasteiger charge is 2.21. The normalized spacial score (nSPS) is 11.7. The molecule has 0 bridgehead atoms. The summed E-state index contributed by atoms with van der Waals surface area (Å²) in [6.07, 6.45) is 1.76. The first kappa shape index (κ1) is 16.5. The van der Waals surface area contributed by atoms with Crippen LogP contribution in [0.3, 0.4) is 0 Å². The lowest BCUT2D eigenvalue weighted by atomic mass is 10.3. The third-order valence-electron chi connectivity index (χ3n) is 2.90. The predicted molar refractivity (Wildman–Crippen MR) is 93.8 cm³/mol. The minimum Gasteiger partial charge on any atom is -0.357 e. The van der Waals surface area contributed by atoms with Crippen LogP contribution in [0.1, 0.15) is 6.92 Å². The van der Waals surface area contributed by atoms with E-state index in [9.17, 15) is 4.79 Å². The van der Waals surface area contributed by atoms with Crippen LogP contribution in [-0.4, -0.2) is 34.9 Å². The second-order valence-electron chi connectivity index (χ2n) is 4.54. The topological polar surface area (TPSA) is 58.1 Å². The number of benzene rings is 1. The lowest BCUT2D eigenvalue weighted by Gasteiger charge is -2.20. The van der Waals surface area contributed by atoms with Gasteiger partial charge < -0.3 is 10.2 Å². The molecule has 1 heterocycles. The Morgan fingerprint density at radius 3 is 2.86 bits per heavy atom. The van der Waals surface area contributed by atoms with E-state index in [1.54, 1.807) is 18.0 Å². The van der Waals surface area contributed by atoms with Gasteiger partial charge >= 0.3 is 0 Å². The van der Waals surface area contributed by atoms with E-state index in [0.717, 1.165) is 15.2 Å². The number of carbonyl (C=O) groups excluding carboxylic acids is 1. The van der Waals surface area contributed by atoms with Crippen molar-refractivity contribution in [2.24, 2.45) is 0 Å². The van der Waals surface area contributed by atoms with Crippen LogP contribution in [-0.2, 0) is 4.79 Å². The van der Waals surface area contributed by atoms with Gasteiger partial charge in [0.05, 0.1) is 5.25 Å². The lowest BCUT2D eigenvalue weighted by molar-refractivity contribution is -0.117. The van der Waals surface area contributed by atoms with Crippen molar-refractivity contribution in [3.8, 4) is 0 Å². The Labute approximate surface area is 138 Å². The number of thioether (sulfide) groups is 1. The summed E-state index contributed by atoms with van der Waals surface area (Å²) in [6, 6.07) is 9.59. The SMILES string of the molecule is C=CCNc1nnc(S[C@H](C)C(=O)N(C)c2ccccc2)s1. The van der Waals surface area contributed by atoms with Gasteiger partial charge in [-0.2, -0.15) is 0 Å². The standard InChI is InChI=1S/C15H18N4OS2/c1-4-10-16-14-17-18-15(22-14)21-11(2)13(20)19(3)12-8-6-5-7-9-12/h4-9,11H,1,10H2,2-3H3,(H,16,17)/t11-/m1/s1. The van der Waals surface area contributed by atoms with E-state index in [-0.39, 0.29) is 11.2 Å². The third kappa shape index (κ3) is 4.32. The molecule has 2 rings (SSSR count). The largest absolute Gasteiger partial charge is 0.357 e. The van der Waals surface area contributed by atoms with Gasteiger partial charge in [0.15, 0.2) is 4.34 Å². The van der Waals surface area contributed by atoms with Crippen molar-refractivity contribution >= 4 is 39.8 Å². The Kier molecular flexibility index (Phi) is 5.97. The van der Waals surface area contributed by atoms with Crippen molar-refractivity contribution in [3.63, 3.8) is 0 Å². The molecule has 0 fully saturated rings. The zero-order valence-corrected chi connectivity index (χ0v) is 14.2. The molecule has 0 unspecified atom stereocenters. The van der Waals surface area contributed by atoms with Crippen LogP contribution in [0.4, 0.5) is 10.8 Å². The molecular formula is C15H18N4OS2. The fourth-order valence-corrected chi connectivity index (χ4v) is 3.74. The van der Waals surface area contributed by atoms with E-state index >= 15 is 0 Å². The maximum absolute atomic E-state index is 12.5. The Bertz CT molecular complexity index is 629. The predicted octanol–water partition coefficient (Wildman–Crippen LogP) is 3.28. The third-order valence-corrected chi connectivity index (χ3v) is 4.96. The van der Waals surface area contributed by atoms with Gasteiger partial charge in [-0.25, -0.2) is 0 Å². The van der Waals surface area contributed by atoms with Crippen molar-refractivity contribution in [1.82, 2.24) is 10.2 Å². The molecule has 0 aliphatic rings. The van der Waals surface area contributed by atoms with E-state index in [1.807, 2.05) is 37.3 Å². The molecule has 5 nitrogen and oxygen atoms in total. The smallest absolute Gasteiger partial charge is 0.240 e. The van der Waals surface area contributed by atoms with Gasteiger partial charge in [-0.15, -0.1) is 16.8 Å². The van der Waals surface area contributed by atoms with Crippen LogP contribution in [0.2, 0.25) is 0 Å². The van der Waals surface area contributed by atoms with Crippen LogP contribution < -0.4 is 10.2 Å². The maximum atomic E-state index is 12.5. The van der Waals surface area contributed by atoms with Crippen LogP contribution in [0, 0.1) is 0 Å². The van der Waals surface area contributed by atoms with E-state index in [4.69, 9.17) is 0 Å². The first-order chi connectivity index (χ1) is 10.6. The molecule has 0 radical (unpaired) electrons. The van der Waals surface area contributed by atoms with E-state index in [0.29, 0.717) is 6.54 Å². The Hall–Kier alpha value is -1.86. The second kappa shape index (κ2) is 7.95. The zero-order chi connectivity index (χ0) is 15.9. The number of aromatic nitrogens is 2. The molecule has 2 aromatic rings. The highest BCUT2D eigenvalue weighted by atomic mass is 32.2. The molecule has 0 saturated carbocycles. The summed E-state index contributed by atoms with van der Waals surface area (Å²) in [5, 5.41) is 11.7. The number of para-hydroxylation sites is 1. The van der Waals surface area contributed by atoms with Crippen LogP contribution in [0.25, 0.3) is 0 Å². The summed E-state index contributed by atoms with van der Waals surface area (Å²) in [4.78, 5) is 14.1. The number of carbonyl (C=O) groups is 1. The summed E-state index contributed by atoms with van der Waals surface area (Å²) >= 11 is 2.85. The Balaban J connectivity index is 1.96. The van der Waals surface area contributed by atoms with Crippen molar-refractivity contribution in [3.05, 3.63) is 43.0 Å². The number of amides is 1. The average Bonchev–Trinajstić information content (AvgIpc) is 2.99. The number of nitrogens with one attached hydrogen (secondary N) is 1. The van der Waals surface area contributed by atoms with E-state index < -0.39 is 0 Å². The minimum atomic E-state index is -0.231. The summed E-state index contributed by atoms with van der Waals surface area (Å²) in [6.45, 7) is 6.16. The number of hydrogen-bond acceptors (Lipinski definition) is 6. The number of anilines is 2. The molecule has 0 aliphatic carbocycles. The zero-order valence-electron chi connectivity index (χ0n) is 12.5. The van der Waals surface area contributed by atoms with Gasteiger partial charge in [-0.1, -0.05) is 47.4 Å². The van der Waals surface area contributed by atoms with Crippen molar-refractivity contribution in [2.45, 2.75) is 16.5 Å². The quantitative estimate of drug-likeness (QED) is 0.622. The van der Waals surface area contributed by atoms with Gasteiger partial charge in [0, 0.05) is 19.3 Å². The fraction of sp³-hybridized carbons (Fsp3) is 0.267. The second-order valence-corrected chi connectivity index (χ2v) is 7.10. The van der Waals surface area contributed by atoms with Gasteiger partial charge in [0.2, 0.25) is 11.0 Å². The molecule has 22 heavy (non-hydrogen) atoms. The molecule has 0 aliphatic heterocycles. The van der Waals surface area contributed by atoms with E-state index in [2.05, 4.69) is 22.1 Å². The lowest BCUT2D eigenvalue weighted by Crippen LogP contribution is -2.33. The molecule has 1 aromatic heterocycles. The van der Waals surface area contributed by atoms with Crippen molar-refractivity contribution in [1.29, 1.82) is 0 Å². The molecule has 1 amide bonds. The van der Waals surface area contributed by atoms with Crippen LogP contribution >= 0.6 is 23.1 Å². The first-order valence-electron chi connectivity index (χ1n) is 6.79. The first-order valence-corrected chi connectivity index (χ1v) is 8.49. The molecule has 116 valence electrons.